The molecule has 4 N–H and O–H groups in total. The highest BCUT2D eigenvalue weighted by Crippen LogP contribution is 2.48. The van der Waals surface area contributed by atoms with Gasteiger partial charge in [-0.2, -0.15) is 5.26 Å². The Morgan fingerprint density at radius 2 is 1.77 bits per heavy atom. The number of nitrogens with zero attached hydrogens (tertiary/aromatic N) is 4. The quantitative estimate of drug-likeness (QED) is 0.159. The Morgan fingerprint density at radius 3 is 2.40 bits per heavy atom. The van der Waals surface area contributed by atoms with E-state index in [-0.39, 0.29) is 35.8 Å². The van der Waals surface area contributed by atoms with Gasteiger partial charge >= 0.3 is 0 Å². The average molecular weight is 705 g/mol. The Morgan fingerprint density at radius 1 is 1.06 bits per heavy atom. The molecule has 0 radical (unpaired) electrons. The van der Waals surface area contributed by atoms with Gasteiger partial charge in [0, 0.05) is 41.9 Å². The molecule has 0 bridgehead atoms. The number of aliphatic hydroxyl groups excluding tert-OH is 2. The number of hydrogen-bond acceptors (Lipinski definition) is 10. The summed E-state index contributed by atoms with van der Waals surface area (Å²) in [5, 5.41) is 42.2. The number of anilines is 2. The van der Waals surface area contributed by atoms with Gasteiger partial charge in [-0.3, -0.25) is 14.9 Å². The van der Waals surface area contributed by atoms with Crippen molar-refractivity contribution in [1.29, 1.82) is 5.26 Å². The number of piperidine rings is 1. The lowest BCUT2D eigenvalue weighted by atomic mass is 9.85. The van der Waals surface area contributed by atoms with Gasteiger partial charge in [0.1, 0.15) is 24.0 Å². The molecule has 4 aliphatic rings. The minimum Gasteiger partial charge on any atom is -0.378 e. The first kappa shape index (κ1) is 34.0. The number of nitrogens with one attached hydrogen (secondary N) is 2. The third kappa shape index (κ3) is 5.83. The number of hydrogen-bond donors (Lipinski definition) is 4. The van der Waals surface area contributed by atoms with Crippen LogP contribution in [0.1, 0.15) is 89.9 Å². The number of carbonyl (C=O) groups excluding carboxylic acids is 2. The second-order valence-corrected chi connectivity index (χ2v) is 14.8. The summed E-state index contributed by atoms with van der Waals surface area (Å²) in [5.74, 6) is -0.548. The van der Waals surface area contributed by atoms with Gasteiger partial charge in [0.25, 0.3) is 0 Å². The molecule has 11 nitrogen and oxygen atoms in total. The minimum atomic E-state index is -1.39. The number of fused-ring (bicyclic) bond motifs is 1. The van der Waals surface area contributed by atoms with Gasteiger partial charge in [-0.25, -0.2) is 9.29 Å². The van der Waals surface area contributed by atoms with E-state index in [9.17, 15) is 25.1 Å². The van der Waals surface area contributed by atoms with E-state index in [0.29, 0.717) is 24.3 Å². The number of aromatic nitrogens is 1. The third-order valence-corrected chi connectivity index (χ3v) is 11.4. The normalized spacial score (nSPS) is 23.1. The fourth-order valence-electron chi connectivity index (χ4n) is 8.30. The summed E-state index contributed by atoms with van der Waals surface area (Å²) in [6.45, 7) is 7.10. The number of halogens is 1. The van der Waals surface area contributed by atoms with E-state index in [1.54, 1.807) is 6.07 Å². The minimum absolute atomic E-state index is 0.0875. The summed E-state index contributed by atoms with van der Waals surface area (Å²) in [6.07, 6.45) is 0.0350. The molecule has 12 heteroatoms. The van der Waals surface area contributed by atoms with Crippen LogP contribution in [0.15, 0.2) is 59.1 Å². The van der Waals surface area contributed by atoms with Crippen molar-refractivity contribution in [1.82, 2.24) is 15.4 Å². The molecule has 2 saturated heterocycles. The van der Waals surface area contributed by atoms with E-state index in [4.69, 9.17) is 4.52 Å². The van der Waals surface area contributed by atoms with Crippen LogP contribution < -0.4 is 15.5 Å². The summed E-state index contributed by atoms with van der Waals surface area (Å²) in [6, 6.07) is 18.8. The fourth-order valence-corrected chi connectivity index (χ4v) is 8.30. The van der Waals surface area contributed by atoms with Gasteiger partial charge in [0.2, 0.25) is 11.8 Å². The van der Waals surface area contributed by atoms with E-state index in [0.717, 1.165) is 64.2 Å². The molecule has 268 valence electrons. The molecule has 1 aliphatic carbocycles. The summed E-state index contributed by atoms with van der Waals surface area (Å²) in [7, 11) is 0. The van der Waals surface area contributed by atoms with Crippen molar-refractivity contribution in [2.45, 2.75) is 82.8 Å². The Kier molecular flexibility index (Phi) is 8.40. The Bertz CT molecular complexity index is 2100. The molecule has 1 saturated carbocycles. The first-order valence-corrected chi connectivity index (χ1v) is 17.8. The van der Waals surface area contributed by atoms with Gasteiger partial charge in [-0.1, -0.05) is 29.4 Å². The zero-order chi connectivity index (χ0) is 36.5. The molecular formula is C40H41FN6O5. The van der Waals surface area contributed by atoms with Crippen LogP contribution in [0.5, 0.6) is 0 Å². The molecule has 52 heavy (non-hydrogen) atoms. The van der Waals surface area contributed by atoms with Gasteiger partial charge in [-0.15, -0.1) is 0 Å². The van der Waals surface area contributed by atoms with Gasteiger partial charge in [0.15, 0.2) is 0 Å². The number of aryl methyl sites for hydroxylation is 3. The van der Waals surface area contributed by atoms with Crippen molar-refractivity contribution in [2.75, 3.05) is 23.3 Å². The SMILES string of the molecule is Cc1ccc(-c2c(C)noc2C)cc1C(CC1CN(c2cc3c(cc2F)C(O)N(C2CCC(=O)NC2=O)C3O)C1)Nc1ccc(C2(C#N)CC2)cc1. The highest BCUT2D eigenvalue weighted by Gasteiger charge is 2.46. The lowest BCUT2D eigenvalue weighted by Crippen LogP contribution is -2.52. The number of amides is 2. The van der Waals surface area contributed by atoms with Crippen molar-refractivity contribution in [2.24, 2.45) is 5.92 Å². The van der Waals surface area contributed by atoms with Gasteiger partial charge < -0.3 is 25.0 Å². The number of rotatable bonds is 9. The van der Waals surface area contributed by atoms with Crippen LogP contribution >= 0.6 is 0 Å². The third-order valence-electron chi connectivity index (χ3n) is 11.4. The van der Waals surface area contributed by atoms with Crippen molar-refractivity contribution < 1.29 is 28.7 Å². The maximum Gasteiger partial charge on any atom is 0.244 e. The Labute approximate surface area is 301 Å². The zero-order valence-electron chi connectivity index (χ0n) is 29.3. The fraction of sp³-hybridized carbons (Fsp3) is 0.400. The van der Waals surface area contributed by atoms with E-state index < -0.39 is 36.1 Å². The molecule has 3 aliphatic heterocycles. The van der Waals surface area contributed by atoms with Gasteiger partial charge in [-0.05, 0) is 105 Å². The van der Waals surface area contributed by atoms with Crippen molar-refractivity contribution in [3.8, 4) is 17.2 Å². The second-order valence-electron chi connectivity index (χ2n) is 14.8. The summed E-state index contributed by atoms with van der Waals surface area (Å²) >= 11 is 0. The smallest absolute Gasteiger partial charge is 0.244 e. The van der Waals surface area contributed by atoms with Crippen molar-refractivity contribution in [3.05, 3.63) is 99.7 Å². The monoisotopic (exact) mass is 704 g/mol. The highest BCUT2D eigenvalue weighted by molar-refractivity contribution is 6.00. The van der Waals surface area contributed by atoms with E-state index >= 15 is 4.39 Å². The molecule has 4 aromatic rings. The van der Waals surface area contributed by atoms with E-state index in [2.05, 4.69) is 47.0 Å². The first-order valence-electron chi connectivity index (χ1n) is 17.8. The lowest BCUT2D eigenvalue weighted by molar-refractivity contribution is -0.154. The van der Waals surface area contributed by atoms with Crippen LogP contribution in [0.3, 0.4) is 0 Å². The molecule has 4 heterocycles. The predicted octanol–water partition coefficient (Wildman–Crippen LogP) is 5.74. The van der Waals surface area contributed by atoms with Crippen LogP contribution in [0.25, 0.3) is 11.1 Å². The maximum absolute atomic E-state index is 15.7. The molecule has 4 atom stereocenters. The number of carbonyl (C=O) groups is 2. The molecule has 2 amide bonds. The zero-order valence-corrected chi connectivity index (χ0v) is 29.3. The topological polar surface area (TPSA) is 155 Å². The molecule has 1 aromatic heterocycles. The van der Waals surface area contributed by atoms with Crippen molar-refractivity contribution in [3.63, 3.8) is 0 Å². The molecule has 8 rings (SSSR count). The summed E-state index contributed by atoms with van der Waals surface area (Å²) < 4.78 is 21.2. The van der Waals surface area contributed by atoms with Crippen LogP contribution in [-0.2, 0) is 15.0 Å². The molecule has 4 unspecified atom stereocenters. The van der Waals surface area contributed by atoms with Crippen molar-refractivity contribution >= 4 is 23.2 Å². The van der Waals surface area contributed by atoms with Crippen LogP contribution in [-0.4, -0.2) is 51.2 Å². The largest absolute Gasteiger partial charge is 0.378 e. The van der Waals surface area contributed by atoms with Gasteiger partial charge in [0.05, 0.1) is 34.9 Å². The number of benzene rings is 3. The first-order chi connectivity index (χ1) is 25.0. The number of aliphatic hydroxyl groups is 2. The van der Waals surface area contributed by atoms with Crippen LogP contribution in [0.2, 0.25) is 0 Å². The van der Waals surface area contributed by atoms with Crippen LogP contribution in [0, 0.1) is 43.8 Å². The van der Waals surface area contributed by atoms with E-state index in [1.807, 2.05) is 43.0 Å². The summed E-state index contributed by atoms with van der Waals surface area (Å²) in [4.78, 5) is 27.4. The lowest BCUT2D eigenvalue weighted by Gasteiger charge is -2.43. The molecule has 0 spiro atoms. The average Bonchev–Trinajstić information content (AvgIpc) is 3.79. The Balaban J connectivity index is 1.03. The Hall–Kier alpha value is -5.09. The standard InChI is InChI=1S/C40H41FN6O5/c1-21-4-5-25(36-22(2)45-52-23(36)3)15-28(21)32(43-27-8-6-26(7-9-27)40(20-42)12-13-40)14-24-18-46(19-24)34-17-30-29(16-31(34)41)38(50)47(39(30)51)33-10-11-35(48)44-37(33)49/h4-9,15-17,24,32-33,38-39,43,50-51H,10-14,18-19H2,1-3H3,(H,44,48,49). The molecule has 3 aromatic carbocycles. The molecular weight excluding hydrogens is 663 g/mol. The maximum atomic E-state index is 15.7. The van der Waals surface area contributed by atoms with E-state index in [1.165, 1.54) is 11.0 Å². The van der Waals surface area contributed by atoms with Crippen LogP contribution in [0.4, 0.5) is 15.8 Å². The molecule has 3 fully saturated rings. The predicted molar refractivity (Wildman–Crippen MR) is 190 cm³/mol. The summed E-state index contributed by atoms with van der Waals surface area (Å²) in [5.41, 5.74) is 7.57. The number of nitriles is 1. The second kappa shape index (κ2) is 12.8. The number of imide groups is 1. The highest BCUT2D eigenvalue weighted by atomic mass is 19.1.